The zero-order valence-corrected chi connectivity index (χ0v) is 18.9. The fourth-order valence-corrected chi connectivity index (χ4v) is 3.17. The van der Waals surface area contributed by atoms with Crippen LogP contribution >= 0.6 is 24.8 Å². The average Bonchev–Trinajstić information content (AvgIpc) is 3.09. The number of halogens is 2. The smallest absolute Gasteiger partial charge is 0.147 e. The fraction of sp³-hybridized carbons (Fsp3) is 0.227. The Hall–Kier alpha value is -0.747. The molecule has 0 radical (unpaired) electrons. The average molecular weight is 450 g/mol. The van der Waals surface area contributed by atoms with Gasteiger partial charge in [-0.3, -0.25) is 0 Å². The molecule has 0 fully saturated rings. The summed E-state index contributed by atoms with van der Waals surface area (Å²) in [6.07, 6.45) is 6.53. The fourth-order valence-electron chi connectivity index (χ4n) is 3.17. The predicted molar refractivity (Wildman–Crippen MR) is 111 cm³/mol. The molecule has 0 amide bonds. The Morgan fingerprint density at radius 1 is 1.00 bits per heavy atom. The number of fused-ring (bicyclic) bond motifs is 3. The SMILES string of the molecule is CC1=C(c2[c-]c3c(cc2)-c2ccccc2C3)CC=C1.C[C](C)=[Zr].Cl.Cl. The molecule has 4 rings (SSSR count). The normalized spacial score (nSPS) is 13.0. The van der Waals surface area contributed by atoms with Gasteiger partial charge in [0.05, 0.1) is 0 Å². The monoisotopic (exact) mass is 447 g/mol. The van der Waals surface area contributed by atoms with E-state index in [1.807, 2.05) is 0 Å². The second-order valence-corrected chi connectivity index (χ2v) is 8.82. The van der Waals surface area contributed by atoms with E-state index < -0.39 is 0 Å². The maximum Gasteiger partial charge on any atom is -0.147 e. The Kier molecular flexibility index (Phi) is 8.75. The van der Waals surface area contributed by atoms with Crippen molar-refractivity contribution in [1.29, 1.82) is 0 Å². The second kappa shape index (κ2) is 9.81. The van der Waals surface area contributed by atoms with E-state index >= 15 is 0 Å². The first kappa shape index (κ1) is 22.3. The molecule has 0 bridgehead atoms. The zero-order valence-electron chi connectivity index (χ0n) is 14.8. The summed E-state index contributed by atoms with van der Waals surface area (Å²) in [5.41, 5.74) is 9.62. The van der Waals surface area contributed by atoms with Crippen molar-refractivity contribution < 1.29 is 24.2 Å². The first-order chi connectivity index (χ1) is 11.1. The first-order valence-electron chi connectivity index (χ1n) is 8.08. The van der Waals surface area contributed by atoms with E-state index in [1.165, 1.54) is 42.2 Å². The van der Waals surface area contributed by atoms with Gasteiger partial charge in [-0.15, -0.1) is 59.7 Å². The standard InChI is InChI=1S/C19H15.C3H6.2ClH.Zr/c1-13-5-4-8-17(13)15-9-10-19-16(12-15)11-14-6-2-3-7-18(14)19;1-3-2;;;/h2-7,9-10H,8,11H2,1H3;1-2H3;2*1H;/q-1;;;;. The molecule has 2 aliphatic carbocycles. The second-order valence-electron chi connectivity index (χ2n) is 6.37. The van der Waals surface area contributed by atoms with Crippen LogP contribution in [0.3, 0.4) is 0 Å². The Balaban J connectivity index is 0.000000476. The molecule has 25 heavy (non-hydrogen) atoms. The van der Waals surface area contributed by atoms with Crippen molar-refractivity contribution in [2.75, 3.05) is 0 Å². The minimum Gasteiger partial charge on any atom is -0.147 e. The van der Waals surface area contributed by atoms with Crippen LogP contribution in [0.2, 0.25) is 0 Å². The van der Waals surface area contributed by atoms with Crippen molar-refractivity contribution >= 4 is 33.6 Å². The molecule has 0 atom stereocenters. The van der Waals surface area contributed by atoms with Gasteiger partial charge in [-0.05, 0) is 25.3 Å². The summed E-state index contributed by atoms with van der Waals surface area (Å²) in [6.45, 7) is 6.44. The van der Waals surface area contributed by atoms with Crippen LogP contribution in [0.4, 0.5) is 0 Å². The zero-order chi connectivity index (χ0) is 16.4. The summed E-state index contributed by atoms with van der Waals surface area (Å²) >= 11 is 1.55. The minimum absolute atomic E-state index is 0. The van der Waals surface area contributed by atoms with Gasteiger partial charge in [0, 0.05) is 0 Å². The molecule has 2 aromatic rings. The van der Waals surface area contributed by atoms with Crippen molar-refractivity contribution in [1.82, 2.24) is 0 Å². The van der Waals surface area contributed by atoms with Gasteiger partial charge in [-0.25, -0.2) is 0 Å². The molecular formula is C22H23Cl2Zr-. The van der Waals surface area contributed by atoms with Crippen molar-refractivity contribution in [2.24, 2.45) is 0 Å². The van der Waals surface area contributed by atoms with Crippen molar-refractivity contribution in [2.45, 2.75) is 33.6 Å². The third-order valence-corrected chi connectivity index (χ3v) is 4.19. The van der Waals surface area contributed by atoms with Gasteiger partial charge in [0.2, 0.25) is 0 Å². The van der Waals surface area contributed by atoms with Crippen molar-refractivity contribution in [3.8, 4) is 11.1 Å². The van der Waals surface area contributed by atoms with Gasteiger partial charge >= 0.3 is 41.3 Å². The topological polar surface area (TPSA) is 0 Å². The summed E-state index contributed by atoms with van der Waals surface area (Å²) in [5.74, 6) is 0. The molecule has 2 aliphatic rings. The molecule has 0 nitrogen and oxygen atoms in total. The van der Waals surface area contributed by atoms with Gasteiger partial charge in [0.15, 0.2) is 0 Å². The largest absolute Gasteiger partial charge is 0.147 e. The van der Waals surface area contributed by atoms with Crippen LogP contribution in [0, 0.1) is 6.07 Å². The molecule has 0 aromatic heterocycles. The molecule has 0 unspecified atom stereocenters. The molecule has 2 aromatic carbocycles. The molecular weight excluding hydrogens is 426 g/mol. The van der Waals surface area contributed by atoms with Gasteiger partial charge < -0.3 is 0 Å². The number of hydrogen-bond acceptors (Lipinski definition) is 0. The van der Waals surface area contributed by atoms with Crippen LogP contribution in [0.5, 0.6) is 0 Å². The quantitative estimate of drug-likeness (QED) is 0.378. The van der Waals surface area contributed by atoms with Gasteiger partial charge in [-0.1, -0.05) is 53.1 Å². The summed E-state index contributed by atoms with van der Waals surface area (Å²) in [7, 11) is 0. The summed E-state index contributed by atoms with van der Waals surface area (Å²) in [5, 5.41) is 0. The van der Waals surface area contributed by atoms with Gasteiger partial charge in [0.25, 0.3) is 0 Å². The molecule has 3 heteroatoms. The summed E-state index contributed by atoms with van der Waals surface area (Å²) < 4.78 is 1.51. The Labute approximate surface area is 178 Å². The summed E-state index contributed by atoms with van der Waals surface area (Å²) in [6, 6.07) is 16.8. The van der Waals surface area contributed by atoms with Crippen LogP contribution in [0.1, 0.15) is 43.9 Å². The number of rotatable bonds is 1. The van der Waals surface area contributed by atoms with E-state index in [1.54, 1.807) is 24.2 Å². The third-order valence-electron chi connectivity index (χ3n) is 4.19. The van der Waals surface area contributed by atoms with E-state index in [9.17, 15) is 0 Å². The maximum atomic E-state index is 3.65. The molecule has 0 saturated carbocycles. The number of benzene rings is 2. The Morgan fingerprint density at radius 3 is 2.32 bits per heavy atom. The maximum absolute atomic E-state index is 3.65. The van der Waals surface area contributed by atoms with E-state index in [2.05, 4.69) is 75.4 Å². The van der Waals surface area contributed by atoms with Crippen LogP contribution in [0.15, 0.2) is 54.1 Å². The molecule has 0 spiro atoms. The van der Waals surface area contributed by atoms with Crippen LogP contribution in [-0.2, 0) is 30.7 Å². The first-order valence-corrected chi connectivity index (χ1v) is 9.31. The van der Waals surface area contributed by atoms with E-state index in [0.29, 0.717) is 0 Å². The van der Waals surface area contributed by atoms with E-state index in [-0.39, 0.29) is 24.8 Å². The van der Waals surface area contributed by atoms with E-state index in [4.69, 9.17) is 0 Å². The van der Waals surface area contributed by atoms with Crippen LogP contribution in [0.25, 0.3) is 16.7 Å². The molecule has 0 heterocycles. The third kappa shape index (κ3) is 5.13. The van der Waals surface area contributed by atoms with Crippen LogP contribution in [-0.4, -0.2) is 3.21 Å². The summed E-state index contributed by atoms with van der Waals surface area (Å²) in [4.78, 5) is 0. The Bertz CT molecular complexity index is 828. The van der Waals surface area contributed by atoms with Gasteiger partial charge in [0.1, 0.15) is 0 Å². The minimum atomic E-state index is 0. The van der Waals surface area contributed by atoms with Gasteiger partial charge in [-0.2, -0.15) is 0 Å². The van der Waals surface area contributed by atoms with Crippen molar-refractivity contribution in [3.05, 3.63) is 76.9 Å². The Morgan fingerprint density at radius 2 is 1.68 bits per heavy atom. The molecule has 0 N–H and O–H groups in total. The molecule has 0 saturated heterocycles. The van der Waals surface area contributed by atoms with Crippen molar-refractivity contribution in [3.63, 3.8) is 0 Å². The predicted octanol–water partition coefficient (Wildman–Crippen LogP) is 6.38. The number of hydrogen-bond donors (Lipinski definition) is 0. The molecule has 0 aliphatic heterocycles. The molecule has 130 valence electrons. The van der Waals surface area contributed by atoms with Crippen LogP contribution < -0.4 is 0 Å². The number of allylic oxidation sites excluding steroid dienone is 4. The van der Waals surface area contributed by atoms with E-state index in [0.717, 1.165) is 12.8 Å².